The summed E-state index contributed by atoms with van der Waals surface area (Å²) < 4.78 is 10.5. The van der Waals surface area contributed by atoms with Gasteiger partial charge in [-0.05, 0) is 47.5 Å². The third-order valence-electron chi connectivity index (χ3n) is 5.70. The molecule has 3 aromatic carbocycles. The number of rotatable bonds is 4. The summed E-state index contributed by atoms with van der Waals surface area (Å²) in [4.78, 5) is 26.8. The zero-order valence-electron chi connectivity index (χ0n) is 17.7. The van der Waals surface area contributed by atoms with Crippen molar-refractivity contribution in [2.45, 2.75) is 6.54 Å². The molecule has 4 aromatic rings. The van der Waals surface area contributed by atoms with E-state index >= 15 is 0 Å². The average Bonchev–Trinajstić information content (AvgIpc) is 3.08. The van der Waals surface area contributed by atoms with Crippen molar-refractivity contribution in [1.29, 1.82) is 0 Å². The van der Waals surface area contributed by atoms with E-state index in [1.807, 2.05) is 0 Å². The first-order chi connectivity index (χ1) is 16.4. The molecule has 2 heterocycles. The van der Waals surface area contributed by atoms with Crippen LogP contribution in [0.25, 0.3) is 22.1 Å². The average molecular weight is 495 g/mol. The molecule has 0 saturated carbocycles. The first kappa shape index (κ1) is 22.0. The van der Waals surface area contributed by atoms with Crippen molar-refractivity contribution in [1.82, 2.24) is 0 Å². The van der Waals surface area contributed by atoms with Crippen LogP contribution in [-0.4, -0.2) is 23.9 Å². The maximum Gasteiger partial charge on any atom is 0.336 e. The Balaban J connectivity index is 1.63. The lowest BCUT2D eigenvalue weighted by Gasteiger charge is -2.19. The lowest BCUT2D eigenvalue weighted by atomic mass is 10.0. The molecule has 0 spiro atoms. The Morgan fingerprint density at radius 2 is 1.79 bits per heavy atom. The molecule has 0 fully saturated rings. The highest BCUT2D eigenvalue weighted by Gasteiger charge is 2.35. The summed E-state index contributed by atoms with van der Waals surface area (Å²) in [5.74, 6) is 0.0429. The number of benzene rings is 3. The highest BCUT2D eigenvalue weighted by Crippen LogP contribution is 2.38. The number of hydrogen-bond donors (Lipinski definition) is 1. The van der Waals surface area contributed by atoms with Crippen LogP contribution in [0.4, 0.5) is 5.69 Å². The number of amides is 1. The number of fused-ring (bicyclic) bond motifs is 2. The van der Waals surface area contributed by atoms with Gasteiger partial charge in [0.1, 0.15) is 11.3 Å². The second kappa shape index (κ2) is 8.52. The molecule has 1 aromatic heterocycles. The van der Waals surface area contributed by atoms with E-state index in [2.05, 4.69) is 5.16 Å². The van der Waals surface area contributed by atoms with E-state index in [0.29, 0.717) is 43.6 Å². The van der Waals surface area contributed by atoms with Crippen LogP contribution in [0, 0.1) is 0 Å². The van der Waals surface area contributed by atoms with Gasteiger partial charge in [-0.1, -0.05) is 40.5 Å². The number of carbonyl (C=O) groups is 1. The van der Waals surface area contributed by atoms with Gasteiger partial charge < -0.3 is 19.3 Å². The van der Waals surface area contributed by atoms with Crippen molar-refractivity contribution in [3.63, 3.8) is 0 Å². The number of nitrogens with zero attached hydrogens (tertiary/aromatic N) is 2. The van der Waals surface area contributed by atoms with Crippen LogP contribution >= 0.6 is 23.2 Å². The summed E-state index contributed by atoms with van der Waals surface area (Å²) in [7, 11) is 1.52. The summed E-state index contributed by atoms with van der Waals surface area (Å²) in [6, 6.07) is 16.9. The molecule has 1 aliphatic heterocycles. The first-order valence-corrected chi connectivity index (χ1v) is 10.9. The number of methoxy groups -OCH3 is 1. The molecule has 0 bridgehead atoms. The van der Waals surface area contributed by atoms with Crippen molar-refractivity contribution in [3.8, 4) is 16.9 Å². The van der Waals surface area contributed by atoms with E-state index in [0.717, 1.165) is 11.1 Å². The molecule has 0 radical (unpaired) electrons. The molecule has 0 saturated heterocycles. The molecule has 0 atom stereocenters. The Morgan fingerprint density at radius 1 is 1.00 bits per heavy atom. The van der Waals surface area contributed by atoms with Crippen LogP contribution in [0.2, 0.25) is 10.0 Å². The minimum Gasteiger partial charge on any atom is -0.497 e. The fourth-order valence-electron chi connectivity index (χ4n) is 4.09. The number of halogens is 2. The molecule has 170 valence electrons. The zero-order chi connectivity index (χ0) is 24.0. The zero-order valence-corrected chi connectivity index (χ0v) is 19.2. The summed E-state index contributed by atoms with van der Waals surface area (Å²) in [6.45, 7) is 0.0527. The molecule has 9 heteroatoms. The maximum atomic E-state index is 13.1. The molecular weight excluding hydrogens is 479 g/mol. The van der Waals surface area contributed by atoms with Gasteiger partial charge in [-0.15, -0.1) is 0 Å². The quantitative estimate of drug-likeness (QED) is 0.229. The van der Waals surface area contributed by atoms with E-state index in [4.69, 9.17) is 32.4 Å². The van der Waals surface area contributed by atoms with Crippen LogP contribution in [-0.2, 0) is 11.3 Å². The highest BCUT2D eigenvalue weighted by atomic mass is 35.5. The van der Waals surface area contributed by atoms with Gasteiger partial charge in [0.05, 0.1) is 19.3 Å². The molecular formula is C25H16Cl2N2O5. The van der Waals surface area contributed by atoms with Gasteiger partial charge in [0.15, 0.2) is 5.71 Å². The number of carbonyl (C=O) groups excluding carboxylic acids is 1. The van der Waals surface area contributed by atoms with E-state index in [9.17, 15) is 14.8 Å². The number of ether oxygens (including phenoxy) is 1. The fourth-order valence-corrected chi connectivity index (χ4v) is 4.61. The van der Waals surface area contributed by atoms with Crippen LogP contribution in [0.1, 0.15) is 11.1 Å². The SMILES string of the molecule is COc1ccc2c(CN3C(=O)/C(=N/O)c4ccc(-c5ccc(Cl)cc5Cl)cc43)cc(=O)oc2c1. The Kier molecular flexibility index (Phi) is 5.51. The molecule has 1 amide bonds. The minimum atomic E-state index is -0.555. The molecule has 1 aliphatic rings. The Bertz CT molecular complexity index is 1560. The van der Waals surface area contributed by atoms with Gasteiger partial charge in [-0.25, -0.2) is 4.79 Å². The predicted molar refractivity (Wildman–Crippen MR) is 130 cm³/mol. The summed E-state index contributed by atoms with van der Waals surface area (Å²) in [5, 5.41) is 14.4. The standard InChI is InChI=1S/C25H16Cl2N2O5/c1-33-16-4-7-18-14(9-23(30)34-22(18)11-16)12-29-21-8-13(17-6-3-15(26)10-20(17)27)2-5-19(21)24(28-32)25(29)31/h2-11,32H,12H2,1H3/b28-24+. The predicted octanol–water partition coefficient (Wildman–Crippen LogP) is 5.50. The number of hydrogen-bond acceptors (Lipinski definition) is 6. The van der Waals surface area contributed by atoms with Crippen molar-refractivity contribution < 1.29 is 19.2 Å². The largest absolute Gasteiger partial charge is 0.497 e. The fraction of sp³-hybridized carbons (Fsp3) is 0.0800. The normalized spacial score (nSPS) is 14.1. The molecule has 7 nitrogen and oxygen atoms in total. The van der Waals surface area contributed by atoms with Gasteiger partial charge in [-0.3, -0.25) is 4.79 Å². The van der Waals surface area contributed by atoms with Crippen LogP contribution in [0.5, 0.6) is 5.75 Å². The molecule has 34 heavy (non-hydrogen) atoms. The monoisotopic (exact) mass is 494 g/mol. The van der Waals surface area contributed by atoms with Gasteiger partial charge in [0.2, 0.25) is 0 Å². The highest BCUT2D eigenvalue weighted by molar-refractivity contribution is 6.54. The molecule has 0 aliphatic carbocycles. The van der Waals surface area contributed by atoms with E-state index < -0.39 is 11.5 Å². The van der Waals surface area contributed by atoms with Gasteiger partial charge in [0.25, 0.3) is 5.91 Å². The van der Waals surface area contributed by atoms with Crippen LogP contribution in [0.3, 0.4) is 0 Å². The molecule has 1 N–H and O–H groups in total. The third kappa shape index (κ3) is 3.69. The summed E-state index contributed by atoms with van der Waals surface area (Å²) >= 11 is 12.4. The van der Waals surface area contributed by atoms with Gasteiger partial charge in [0, 0.05) is 38.7 Å². The van der Waals surface area contributed by atoms with Crippen LogP contribution < -0.4 is 15.3 Å². The summed E-state index contributed by atoms with van der Waals surface area (Å²) in [6.07, 6.45) is 0. The van der Waals surface area contributed by atoms with Gasteiger partial charge >= 0.3 is 5.63 Å². The Morgan fingerprint density at radius 3 is 2.53 bits per heavy atom. The lowest BCUT2D eigenvalue weighted by Crippen LogP contribution is -2.30. The van der Waals surface area contributed by atoms with Crippen molar-refractivity contribution in [3.05, 3.63) is 92.3 Å². The topological polar surface area (TPSA) is 92.3 Å². The van der Waals surface area contributed by atoms with Crippen molar-refractivity contribution >= 4 is 51.5 Å². The Labute approximate surface area is 203 Å². The van der Waals surface area contributed by atoms with E-state index in [-0.39, 0.29) is 12.3 Å². The van der Waals surface area contributed by atoms with Gasteiger partial charge in [-0.2, -0.15) is 0 Å². The van der Waals surface area contributed by atoms with E-state index in [1.54, 1.807) is 54.6 Å². The van der Waals surface area contributed by atoms with E-state index in [1.165, 1.54) is 18.1 Å². The summed E-state index contributed by atoms with van der Waals surface area (Å²) in [5.41, 5.74) is 2.74. The molecule has 0 unspecified atom stereocenters. The molecule has 5 rings (SSSR count). The minimum absolute atomic E-state index is 0.0527. The lowest BCUT2D eigenvalue weighted by molar-refractivity contribution is -0.112. The number of oxime groups is 1. The first-order valence-electron chi connectivity index (χ1n) is 10.1. The van der Waals surface area contributed by atoms with Crippen molar-refractivity contribution in [2.24, 2.45) is 5.16 Å². The van der Waals surface area contributed by atoms with Crippen LogP contribution in [0.15, 0.2) is 75.0 Å². The maximum absolute atomic E-state index is 13.1. The van der Waals surface area contributed by atoms with Crippen molar-refractivity contribution in [2.75, 3.05) is 12.0 Å². The smallest absolute Gasteiger partial charge is 0.336 e. The second-order valence-corrected chi connectivity index (χ2v) is 8.49. The third-order valence-corrected chi connectivity index (χ3v) is 6.25. The Hall–Kier alpha value is -3.81. The second-order valence-electron chi connectivity index (χ2n) is 7.65. The number of anilines is 1.